The van der Waals surface area contributed by atoms with Gasteiger partial charge in [-0.05, 0) is 38.8 Å². The predicted octanol–water partition coefficient (Wildman–Crippen LogP) is 4.63. The van der Waals surface area contributed by atoms with Crippen LogP contribution in [0.1, 0.15) is 59.1 Å². The highest BCUT2D eigenvalue weighted by Crippen LogP contribution is 2.30. The van der Waals surface area contributed by atoms with Gasteiger partial charge in [-0.25, -0.2) is 9.78 Å². The average Bonchev–Trinajstić information content (AvgIpc) is 2.83. The van der Waals surface area contributed by atoms with Crippen molar-refractivity contribution in [1.29, 1.82) is 0 Å². The van der Waals surface area contributed by atoms with Crippen molar-refractivity contribution in [2.24, 2.45) is 0 Å². The molecule has 8 nitrogen and oxygen atoms in total. The number of esters is 2. The van der Waals surface area contributed by atoms with Crippen LogP contribution < -0.4 is 19.5 Å². The van der Waals surface area contributed by atoms with E-state index >= 15 is 0 Å². The first-order chi connectivity index (χ1) is 16.8. The Kier molecular flexibility index (Phi) is 11.4. The Morgan fingerprint density at radius 1 is 1.11 bits per heavy atom. The van der Waals surface area contributed by atoms with Gasteiger partial charge in [-0.2, -0.15) is 0 Å². The molecule has 0 fully saturated rings. The van der Waals surface area contributed by atoms with E-state index in [-0.39, 0.29) is 22.5 Å². The summed E-state index contributed by atoms with van der Waals surface area (Å²) < 4.78 is 22.4. The zero-order valence-electron chi connectivity index (χ0n) is 20.9. The van der Waals surface area contributed by atoms with Crippen LogP contribution in [-0.4, -0.2) is 47.3 Å². The Morgan fingerprint density at radius 2 is 1.83 bits per heavy atom. The number of methoxy groups -OCH3 is 1. The predicted molar refractivity (Wildman–Crippen MR) is 137 cm³/mol. The van der Waals surface area contributed by atoms with Crippen LogP contribution in [0.4, 0.5) is 0 Å². The van der Waals surface area contributed by atoms with Crippen LogP contribution in [0.2, 0.25) is 0 Å². The van der Waals surface area contributed by atoms with Gasteiger partial charge in [0.15, 0.2) is 5.75 Å². The molecule has 0 saturated carbocycles. The van der Waals surface area contributed by atoms with Crippen molar-refractivity contribution in [3.05, 3.63) is 48.3 Å². The third-order valence-electron chi connectivity index (χ3n) is 5.20. The van der Waals surface area contributed by atoms with Gasteiger partial charge < -0.3 is 24.3 Å². The van der Waals surface area contributed by atoms with Gasteiger partial charge in [-0.15, -0.1) is 0 Å². The van der Waals surface area contributed by atoms with Crippen LogP contribution in [-0.2, 0) is 14.3 Å². The van der Waals surface area contributed by atoms with E-state index in [1.807, 2.05) is 37.3 Å². The number of carbonyl (C=O) groups is 2. The first kappa shape index (κ1) is 28.0. The lowest BCUT2D eigenvalue weighted by molar-refractivity contribution is -0.155. The largest absolute Gasteiger partial charge is 0.493 e. The van der Waals surface area contributed by atoms with Gasteiger partial charge >= 0.3 is 11.9 Å². The molecule has 0 saturated heterocycles. The summed E-state index contributed by atoms with van der Waals surface area (Å²) >= 11 is 5.45. The van der Waals surface area contributed by atoms with Crippen LogP contribution in [0.15, 0.2) is 42.6 Å². The highest BCUT2D eigenvalue weighted by Gasteiger charge is 2.27. The highest BCUT2D eigenvalue weighted by molar-refractivity contribution is 7.80. The summed E-state index contributed by atoms with van der Waals surface area (Å²) in [6.45, 7) is 6.93. The molecule has 0 spiro atoms. The fourth-order valence-corrected chi connectivity index (χ4v) is 3.67. The van der Waals surface area contributed by atoms with Gasteiger partial charge in [0.05, 0.1) is 7.11 Å². The van der Waals surface area contributed by atoms with E-state index in [0.29, 0.717) is 17.9 Å². The van der Waals surface area contributed by atoms with Gasteiger partial charge in [-0.3, -0.25) is 4.79 Å². The fraction of sp³-hybridized carbons (Fsp3) is 0.462. The summed E-state index contributed by atoms with van der Waals surface area (Å²) in [5.41, 5.74) is 0.189. The molecule has 0 amide bonds. The topological polar surface area (TPSA) is 96.0 Å². The number of ether oxygens (including phenoxy) is 4. The minimum absolute atomic E-state index is 0.0860. The SMILES string of the molecule is CCCCC[C@H](OC(=O)[C@H](C)NC(=S)c1nccc(OC)c1OC(C)=O)[C@@H](C)Oc1ccccc1. The number of carbonyl (C=O) groups excluding carboxylic acids is 2. The first-order valence-electron chi connectivity index (χ1n) is 11.7. The second-order valence-corrected chi connectivity index (χ2v) is 8.50. The molecule has 0 aliphatic rings. The van der Waals surface area contributed by atoms with Crippen LogP contribution in [0.3, 0.4) is 0 Å². The van der Waals surface area contributed by atoms with Gasteiger partial charge in [0.25, 0.3) is 0 Å². The number of nitrogens with zero attached hydrogens (tertiary/aromatic N) is 1. The number of pyridine rings is 1. The summed E-state index contributed by atoms with van der Waals surface area (Å²) in [5.74, 6) is 0.0748. The molecule has 2 rings (SSSR count). The lowest BCUT2D eigenvalue weighted by Gasteiger charge is -2.27. The van der Waals surface area contributed by atoms with Crippen LogP contribution in [0.25, 0.3) is 0 Å². The molecule has 3 atom stereocenters. The van der Waals surface area contributed by atoms with Gasteiger partial charge in [0.2, 0.25) is 5.75 Å². The third-order valence-corrected chi connectivity index (χ3v) is 5.51. The molecule has 35 heavy (non-hydrogen) atoms. The molecule has 1 N–H and O–H groups in total. The number of hydrogen-bond donors (Lipinski definition) is 1. The van der Waals surface area contributed by atoms with Crippen LogP contribution in [0, 0.1) is 0 Å². The Bertz CT molecular complexity index is 985. The van der Waals surface area contributed by atoms with Gasteiger partial charge in [0.1, 0.15) is 34.7 Å². The summed E-state index contributed by atoms with van der Waals surface area (Å²) in [4.78, 5) is 28.9. The molecule has 0 unspecified atom stereocenters. The molecule has 0 bridgehead atoms. The van der Waals surface area contributed by atoms with Crippen molar-refractivity contribution in [3.8, 4) is 17.2 Å². The molecule has 1 heterocycles. The Morgan fingerprint density at radius 3 is 2.46 bits per heavy atom. The second kappa shape index (κ2) is 14.3. The lowest BCUT2D eigenvalue weighted by Crippen LogP contribution is -2.43. The summed E-state index contributed by atoms with van der Waals surface area (Å²) in [5, 5.41) is 2.93. The van der Waals surface area contributed by atoms with Crippen molar-refractivity contribution in [3.63, 3.8) is 0 Å². The molecule has 190 valence electrons. The Hall–Kier alpha value is -3.20. The number of nitrogens with one attached hydrogen (secondary N) is 1. The molecular weight excluding hydrogens is 468 g/mol. The zero-order chi connectivity index (χ0) is 25.8. The van der Waals surface area contributed by atoms with Crippen LogP contribution in [0.5, 0.6) is 17.2 Å². The number of benzene rings is 1. The molecule has 2 aromatic rings. The van der Waals surface area contributed by atoms with Gasteiger partial charge in [-0.1, -0.05) is 50.2 Å². The molecule has 9 heteroatoms. The molecule has 0 aliphatic carbocycles. The Labute approximate surface area is 212 Å². The first-order valence-corrected chi connectivity index (χ1v) is 12.1. The van der Waals surface area contributed by atoms with E-state index in [9.17, 15) is 9.59 Å². The van der Waals surface area contributed by atoms with Crippen molar-refractivity contribution < 1.29 is 28.5 Å². The molecule has 0 radical (unpaired) electrons. The lowest BCUT2D eigenvalue weighted by atomic mass is 10.1. The minimum Gasteiger partial charge on any atom is -0.493 e. The molecule has 1 aromatic heterocycles. The minimum atomic E-state index is -0.779. The van der Waals surface area contributed by atoms with Gasteiger partial charge in [0, 0.05) is 19.2 Å². The van der Waals surface area contributed by atoms with E-state index in [1.165, 1.54) is 20.2 Å². The van der Waals surface area contributed by atoms with Crippen molar-refractivity contribution in [1.82, 2.24) is 10.3 Å². The smallest absolute Gasteiger partial charge is 0.328 e. The third kappa shape index (κ3) is 8.83. The van der Waals surface area contributed by atoms with Crippen LogP contribution >= 0.6 is 12.2 Å². The average molecular weight is 503 g/mol. The number of unbranched alkanes of at least 4 members (excludes halogenated alkanes) is 2. The van der Waals surface area contributed by atoms with Crippen molar-refractivity contribution >= 4 is 29.1 Å². The van der Waals surface area contributed by atoms with Crippen molar-refractivity contribution in [2.75, 3.05) is 7.11 Å². The summed E-state index contributed by atoms with van der Waals surface area (Å²) in [6, 6.07) is 10.2. The summed E-state index contributed by atoms with van der Waals surface area (Å²) in [7, 11) is 1.44. The van der Waals surface area contributed by atoms with E-state index in [0.717, 1.165) is 19.3 Å². The van der Waals surface area contributed by atoms with E-state index in [4.69, 9.17) is 31.2 Å². The second-order valence-electron chi connectivity index (χ2n) is 8.09. The van der Waals surface area contributed by atoms with E-state index in [2.05, 4.69) is 17.2 Å². The normalized spacial score (nSPS) is 13.2. The maximum Gasteiger partial charge on any atom is 0.328 e. The highest BCUT2D eigenvalue weighted by atomic mass is 32.1. The monoisotopic (exact) mass is 502 g/mol. The van der Waals surface area contributed by atoms with Crippen molar-refractivity contribution in [2.45, 2.75) is 71.6 Å². The number of rotatable bonds is 13. The van der Waals surface area contributed by atoms with E-state index in [1.54, 1.807) is 13.0 Å². The fourth-order valence-electron chi connectivity index (χ4n) is 3.35. The number of hydrogen-bond acceptors (Lipinski definition) is 8. The number of aromatic nitrogens is 1. The standard InChI is InChI=1S/C26H34N2O6S/c1-6-7-9-14-21(18(3)32-20-12-10-8-11-13-20)34-26(30)17(2)28-25(35)23-24(33-19(4)29)22(31-5)15-16-27-23/h8,10-13,15-18,21H,6-7,9,14H2,1-5H3,(H,28,35)/t17-,18+,21-/m0/s1. The quantitative estimate of drug-likeness (QED) is 0.239. The maximum absolute atomic E-state index is 13.0. The Balaban J connectivity index is 2.10. The molecular formula is C26H34N2O6S. The zero-order valence-corrected chi connectivity index (χ0v) is 21.7. The van der Waals surface area contributed by atoms with E-state index < -0.39 is 24.1 Å². The summed E-state index contributed by atoms with van der Waals surface area (Å²) in [6.07, 6.45) is 4.38. The molecule has 1 aromatic carbocycles. The molecule has 0 aliphatic heterocycles. The number of thiocarbonyl (C=S) groups is 1. The maximum atomic E-state index is 13.0. The number of para-hydroxylation sites is 1.